The molecule has 1 aromatic carbocycles. The van der Waals surface area contributed by atoms with Gasteiger partial charge in [-0.3, -0.25) is 4.98 Å². The number of likely N-dealkylation sites (N-methyl/N-ethyl adjacent to an activating group) is 1. The molecule has 20 heavy (non-hydrogen) atoms. The molecule has 1 N–H and O–H groups in total. The van der Waals surface area contributed by atoms with Crippen molar-refractivity contribution in [3.05, 3.63) is 63.0 Å². The Morgan fingerprint density at radius 3 is 2.85 bits per heavy atom. The van der Waals surface area contributed by atoms with E-state index in [1.165, 1.54) is 20.1 Å². The molecule has 0 saturated carbocycles. The van der Waals surface area contributed by atoms with Crippen molar-refractivity contribution in [1.29, 1.82) is 0 Å². The van der Waals surface area contributed by atoms with Crippen LogP contribution in [-0.2, 0) is 6.42 Å². The fourth-order valence-corrected chi connectivity index (χ4v) is 3.97. The van der Waals surface area contributed by atoms with Crippen molar-refractivity contribution in [3.63, 3.8) is 0 Å². The lowest BCUT2D eigenvalue weighted by Crippen LogP contribution is -2.20. The minimum atomic E-state index is 0.219. The highest BCUT2D eigenvalue weighted by molar-refractivity contribution is 9.10. The van der Waals surface area contributed by atoms with Crippen LogP contribution >= 0.6 is 27.3 Å². The maximum absolute atomic E-state index is 4.62. The van der Waals surface area contributed by atoms with E-state index in [0.717, 1.165) is 12.1 Å². The van der Waals surface area contributed by atoms with Crippen molar-refractivity contribution >= 4 is 38.0 Å². The first-order valence-corrected chi connectivity index (χ1v) is 8.19. The van der Waals surface area contributed by atoms with Crippen LogP contribution in [0, 0.1) is 0 Å². The van der Waals surface area contributed by atoms with Gasteiger partial charge in [-0.1, -0.05) is 24.3 Å². The minimum Gasteiger partial charge on any atom is -0.311 e. The monoisotopic (exact) mass is 346 g/mol. The predicted molar refractivity (Wildman–Crippen MR) is 89.3 cm³/mol. The molecule has 1 unspecified atom stereocenters. The summed E-state index contributed by atoms with van der Waals surface area (Å²) in [5.74, 6) is 0. The summed E-state index contributed by atoms with van der Waals surface area (Å²) >= 11 is 5.39. The first-order valence-electron chi connectivity index (χ1n) is 6.52. The summed E-state index contributed by atoms with van der Waals surface area (Å²) in [6, 6.07) is 12.8. The van der Waals surface area contributed by atoms with Crippen molar-refractivity contribution in [3.8, 4) is 0 Å². The van der Waals surface area contributed by atoms with Crippen molar-refractivity contribution < 1.29 is 0 Å². The first-order chi connectivity index (χ1) is 9.79. The number of thiophene rings is 1. The molecule has 0 saturated heterocycles. The summed E-state index contributed by atoms with van der Waals surface area (Å²) in [5.41, 5.74) is 1.12. The molecule has 0 aliphatic heterocycles. The molecular weight excluding hydrogens is 332 g/mol. The van der Waals surface area contributed by atoms with E-state index in [4.69, 9.17) is 0 Å². The predicted octanol–water partition coefficient (Wildman–Crippen LogP) is 4.56. The standard InChI is InChI=1S/C16H15BrN2S/c1-18-14(10-15-13(17)7-9-20-15)16-12-5-3-2-4-11(12)6-8-19-16/h2-9,14,18H,10H2,1H3. The number of fused-ring (bicyclic) bond motifs is 1. The lowest BCUT2D eigenvalue weighted by atomic mass is 10.0. The van der Waals surface area contributed by atoms with Crippen LogP contribution in [-0.4, -0.2) is 12.0 Å². The number of pyridine rings is 1. The average molecular weight is 347 g/mol. The van der Waals surface area contributed by atoms with Crippen LogP contribution in [0.5, 0.6) is 0 Å². The molecule has 0 fully saturated rings. The smallest absolute Gasteiger partial charge is 0.0654 e. The molecule has 0 spiro atoms. The van der Waals surface area contributed by atoms with E-state index in [-0.39, 0.29) is 6.04 Å². The molecule has 102 valence electrons. The summed E-state index contributed by atoms with van der Waals surface area (Å²) in [5, 5.41) is 7.98. The second-order valence-corrected chi connectivity index (χ2v) is 6.51. The first kappa shape index (κ1) is 13.7. The number of benzene rings is 1. The Kier molecular flexibility index (Phi) is 4.15. The maximum atomic E-state index is 4.62. The van der Waals surface area contributed by atoms with Gasteiger partial charge in [-0.15, -0.1) is 11.3 Å². The van der Waals surface area contributed by atoms with Crippen molar-refractivity contribution in [2.75, 3.05) is 7.05 Å². The fraction of sp³-hybridized carbons (Fsp3) is 0.188. The molecule has 2 heterocycles. The van der Waals surface area contributed by atoms with Gasteiger partial charge in [-0.25, -0.2) is 0 Å². The second kappa shape index (κ2) is 6.04. The largest absolute Gasteiger partial charge is 0.311 e. The third-order valence-electron chi connectivity index (χ3n) is 3.46. The van der Waals surface area contributed by atoms with E-state index in [9.17, 15) is 0 Å². The normalized spacial score (nSPS) is 12.7. The third-order valence-corrected chi connectivity index (χ3v) is 5.41. The number of hydrogen-bond donors (Lipinski definition) is 1. The van der Waals surface area contributed by atoms with Gasteiger partial charge < -0.3 is 5.32 Å². The van der Waals surface area contributed by atoms with Gasteiger partial charge in [0, 0.05) is 27.4 Å². The Balaban J connectivity index is 2.01. The van der Waals surface area contributed by atoms with E-state index in [1.807, 2.05) is 13.2 Å². The van der Waals surface area contributed by atoms with Crippen LogP contribution in [0.15, 0.2) is 52.4 Å². The average Bonchev–Trinajstić information content (AvgIpc) is 2.89. The van der Waals surface area contributed by atoms with Crippen LogP contribution in [0.25, 0.3) is 10.8 Å². The number of rotatable bonds is 4. The number of nitrogens with zero attached hydrogens (tertiary/aromatic N) is 1. The summed E-state index contributed by atoms with van der Waals surface area (Å²) in [6.45, 7) is 0. The SMILES string of the molecule is CNC(Cc1sccc1Br)c1nccc2ccccc12. The molecule has 0 radical (unpaired) electrons. The molecule has 0 bridgehead atoms. The van der Waals surface area contributed by atoms with Gasteiger partial charge in [0.25, 0.3) is 0 Å². The van der Waals surface area contributed by atoms with Gasteiger partial charge in [-0.2, -0.15) is 0 Å². The molecular formula is C16H15BrN2S. The summed E-state index contributed by atoms with van der Waals surface area (Å²) < 4.78 is 1.18. The molecule has 2 nitrogen and oxygen atoms in total. The zero-order valence-electron chi connectivity index (χ0n) is 11.1. The highest BCUT2D eigenvalue weighted by Gasteiger charge is 2.16. The molecule has 0 amide bonds. The fourth-order valence-electron chi connectivity index (χ4n) is 2.41. The second-order valence-electron chi connectivity index (χ2n) is 4.65. The topological polar surface area (TPSA) is 24.9 Å². The summed E-state index contributed by atoms with van der Waals surface area (Å²) in [6.07, 6.45) is 2.83. The van der Waals surface area contributed by atoms with Gasteiger partial charge in [0.1, 0.15) is 0 Å². The van der Waals surface area contributed by atoms with Crippen LogP contribution in [0.3, 0.4) is 0 Å². The summed E-state index contributed by atoms with van der Waals surface area (Å²) in [7, 11) is 2.00. The quantitative estimate of drug-likeness (QED) is 0.748. The van der Waals surface area contributed by atoms with Crippen molar-refractivity contribution in [2.45, 2.75) is 12.5 Å². The van der Waals surface area contributed by atoms with Gasteiger partial charge in [0.15, 0.2) is 0 Å². The van der Waals surface area contributed by atoms with E-state index in [2.05, 4.69) is 68.0 Å². The number of halogens is 1. The molecule has 3 rings (SSSR count). The number of nitrogens with one attached hydrogen (secondary N) is 1. The molecule has 2 aromatic heterocycles. The van der Waals surface area contributed by atoms with Gasteiger partial charge in [0.05, 0.1) is 11.7 Å². The molecule has 0 aliphatic carbocycles. The van der Waals surface area contributed by atoms with Crippen molar-refractivity contribution in [1.82, 2.24) is 10.3 Å². The van der Waals surface area contributed by atoms with Gasteiger partial charge >= 0.3 is 0 Å². The molecule has 1 atom stereocenters. The zero-order valence-corrected chi connectivity index (χ0v) is 13.5. The van der Waals surface area contributed by atoms with Crippen molar-refractivity contribution in [2.24, 2.45) is 0 Å². The van der Waals surface area contributed by atoms with E-state index >= 15 is 0 Å². The lowest BCUT2D eigenvalue weighted by Gasteiger charge is -2.17. The van der Waals surface area contributed by atoms with E-state index in [1.54, 1.807) is 11.3 Å². The zero-order chi connectivity index (χ0) is 13.9. The molecule has 3 aromatic rings. The van der Waals surface area contributed by atoms with Gasteiger partial charge in [-0.05, 0) is 45.9 Å². The highest BCUT2D eigenvalue weighted by atomic mass is 79.9. The third kappa shape index (κ3) is 2.64. The minimum absolute atomic E-state index is 0.219. The van der Waals surface area contributed by atoms with Crippen LogP contribution in [0.2, 0.25) is 0 Å². The Morgan fingerprint density at radius 1 is 1.25 bits per heavy atom. The van der Waals surface area contributed by atoms with Crippen LogP contribution < -0.4 is 5.32 Å². The molecule has 0 aliphatic rings. The summed E-state index contributed by atoms with van der Waals surface area (Å²) in [4.78, 5) is 5.96. The van der Waals surface area contributed by atoms with Crippen LogP contribution in [0.1, 0.15) is 16.6 Å². The Morgan fingerprint density at radius 2 is 2.10 bits per heavy atom. The Bertz CT molecular complexity index is 718. The van der Waals surface area contributed by atoms with Crippen LogP contribution in [0.4, 0.5) is 0 Å². The van der Waals surface area contributed by atoms with Gasteiger partial charge in [0.2, 0.25) is 0 Å². The Hall–Kier alpha value is -1.23. The van der Waals surface area contributed by atoms with E-state index < -0.39 is 0 Å². The number of hydrogen-bond acceptors (Lipinski definition) is 3. The lowest BCUT2D eigenvalue weighted by molar-refractivity contribution is 0.584. The maximum Gasteiger partial charge on any atom is 0.0654 e. The highest BCUT2D eigenvalue weighted by Crippen LogP contribution is 2.30. The number of aromatic nitrogens is 1. The van der Waals surface area contributed by atoms with E-state index in [0.29, 0.717) is 0 Å². The Labute approximate surface area is 131 Å². The molecule has 4 heteroatoms.